The molecule has 1 saturated heterocycles. The second kappa shape index (κ2) is 11.9. The third-order valence-corrected chi connectivity index (χ3v) is 7.66. The fraction of sp³-hybridized carbons (Fsp3) is 0.379. The van der Waals surface area contributed by atoms with E-state index >= 15 is 4.39 Å². The molecular weight excluding hydrogens is 537 g/mol. The predicted octanol–water partition coefficient (Wildman–Crippen LogP) is 4.03. The molecule has 2 atom stereocenters. The molecule has 3 N–H and O–H groups in total. The molecule has 0 bridgehead atoms. The Bertz CT molecular complexity index is 1430. The molecule has 5 rings (SSSR count). The molecule has 9 nitrogen and oxygen atoms in total. The van der Waals surface area contributed by atoms with Gasteiger partial charge in [0.25, 0.3) is 5.91 Å². The van der Waals surface area contributed by atoms with Crippen molar-refractivity contribution in [3.8, 4) is 11.3 Å². The molecule has 2 amide bonds. The Morgan fingerprint density at radius 2 is 2.05 bits per heavy atom. The Hall–Kier alpha value is -3.60. The molecule has 2 aromatic carbocycles. The summed E-state index contributed by atoms with van der Waals surface area (Å²) in [7, 11) is 0. The van der Waals surface area contributed by atoms with Crippen LogP contribution in [0.2, 0.25) is 5.02 Å². The number of anilines is 1. The Morgan fingerprint density at radius 3 is 2.77 bits per heavy atom. The van der Waals surface area contributed by atoms with Gasteiger partial charge >= 0.3 is 0 Å². The van der Waals surface area contributed by atoms with E-state index in [0.29, 0.717) is 24.7 Å². The van der Waals surface area contributed by atoms with Crippen LogP contribution in [0.1, 0.15) is 52.9 Å². The van der Waals surface area contributed by atoms with Crippen molar-refractivity contribution < 1.29 is 23.8 Å². The quantitative estimate of drug-likeness (QED) is 0.376. The lowest BCUT2D eigenvalue weighted by molar-refractivity contribution is -0.126. The number of hydrogen-bond acceptors (Lipinski definition) is 7. The minimum absolute atomic E-state index is 0.0717. The molecule has 1 fully saturated rings. The van der Waals surface area contributed by atoms with Gasteiger partial charge in [0.05, 0.1) is 35.1 Å². The second-order valence-electron chi connectivity index (χ2n) is 10.1. The van der Waals surface area contributed by atoms with Gasteiger partial charge in [-0.15, -0.1) is 0 Å². The highest BCUT2D eigenvalue weighted by molar-refractivity contribution is 6.33. The lowest BCUT2D eigenvalue weighted by atomic mass is 10.0. The average molecular weight is 568 g/mol. The van der Waals surface area contributed by atoms with Crippen LogP contribution >= 0.6 is 11.6 Å². The topological polar surface area (TPSA) is 117 Å². The third kappa shape index (κ3) is 5.65. The first-order valence-electron chi connectivity index (χ1n) is 13.2. The van der Waals surface area contributed by atoms with E-state index in [1.54, 1.807) is 19.1 Å². The van der Waals surface area contributed by atoms with Crippen LogP contribution in [0, 0.1) is 12.7 Å². The number of aryl methyl sites for hydroxylation is 1. The van der Waals surface area contributed by atoms with E-state index < -0.39 is 29.7 Å². The van der Waals surface area contributed by atoms with Crippen molar-refractivity contribution in [2.24, 2.45) is 0 Å². The fourth-order valence-corrected chi connectivity index (χ4v) is 5.27. The summed E-state index contributed by atoms with van der Waals surface area (Å²) in [5, 5.41) is 16.1. The molecule has 0 aliphatic carbocycles. The Kier molecular flexibility index (Phi) is 8.30. The molecule has 11 heteroatoms. The number of nitrogens with zero attached hydrogens (tertiary/aromatic N) is 3. The van der Waals surface area contributed by atoms with Gasteiger partial charge in [-0.05, 0) is 43.9 Å². The number of rotatable bonds is 8. The molecule has 210 valence electrons. The smallest absolute Gasteiger partial charge is 0.258 e. The summed E-state index contributed by atoms with van der Waals surface area (Å²) in [4.78, 5) is 36.5. The normalized spacial score (nSPS) is 16.9. The largest absolute Gasteiger partial charge is 0.394 e. The fourth-order valence-electron chi connectivity index (χ4n) is 5.08. The van der Waals surface area contributed by atoms with Crippen LogP contribution in [0.25, 0.3) is 11.3 Å². The minimum Gasteiger partial charge on any atom is -0.394 e. The maximum absolute atomic E-state index is 15.9. The van der Waals surface area contributed by atoms with E-state index in [2.05, 4.69) is 20.6 Å². The zero-order valence-corrected chi connectivity index (χ0v) is 23.0. The highest BCUT2D eigenvalue weighted by Crippen LogP contribution is 2.35. The number of benzene rings is 2. The summed E-state index contributed by atoms with van der Waals surface area (Å²) >= 11 is 6.37. The minimum atomic E-state index is -0.903. The number of carbonyl (C=O) groups is 2. The van der Waals surface area contributed by atoms with E-state index in [9.17, 15) is 14.7 Å². The molecule has 2 aliphatic heterocycles. The molecule has 3 aromatic rings. The van der Waals surface area contributed by atoms with Gasteiger partial charge < -0.3 is 25.4 Å². The standard InChI is InChI=1S/C29H31ClFN5O4/c1-16-4-3-5-18(12-16)23(15-37)34-27(38)17(2)36-14-19-6-7-21(25(31)24(19)28(36)39)26-22(30)13-32-29(35-26)33-20-8-10-40-11-9-20/h3-7,12-13,17,20,23,37H,8-11,14-15H2,1-2H3,(H,34,38)(H,32,33,35)/t17-,23-/m1/s1. The molecule has 0 unspecified atom stereocenters. The van der Waals surface area contributed by atoms with E-state index in [1.165, 1.54) is 11.1 Å². The van der Waals surface area contributed by atoms with Crippen LogP contribution in [-0.2, 0) is 16.1 Å². The predicted molar refractivity (Wildman–Crippen MR) is 148 cm³/mol. The van der Waals surface area contributed by atoms with Gasteiger partial charge in [0, 0.05) is 31.4 Å². The van der Waals surface area contributed by atoms with Gasteiger partial charge in [-0.25, -0.2) is 14.4 Å². The van der Waals surface area contributed by atoms with Gasteiger partial charge in [0.1, 0.15) is 11.9 Å². The molecule has 2 aliphatic rings. The van der Waals surface area contributed by atoms with Gasteiger partial charge in [-0.3, -0.25) is 9.59 Å². The van der Waals surface area contributed by atoms with E-state index in [1.807, 2.05) is 31.2 Å². The van der Waals surface area contributed by atoms with Crippen LogP contribution in [0.3, 0.4) is 0 Å². The highest BCUT2D eigenvalue weighted by atomic mass is 35.5. The second-order valence-corrected chi connectivity index (χ2v) is 10.6. The molecule has 0 spiro atoms. The average Bonchev–Trinajstić information content (AvgIpc) is 3.30. The summed E-state index contributed by atoms with van der Waals surface area (Å²) in [6.45, 7) is 4.54. The van der Waals surface area contributed by atoms with Crippen LogP contribution in [0.5, 0.6) is 0 Å². The lowest BCUT2D eigenvalue weighted by Gasteiger charge is -2.26. The number of aliphatic hydroxyl groups excluding tert-OH is 1. The first-order valence-corrected chi connectivity index (χ1v) is 13.6. The van der Waals surface area contributed by atoms with Gasteiger partial charge in [0.15, 0.2) is 0 Å². The van der Waals surface area contributed by atoms with E-state index in [-0.39, 0.29) is 41.0 Å². The number of amides is 2. The summed E-state index contributed by atoms with van der Waals surface area (Å²) in [6, 6.07) is 9.25. The van der Waals surface area contributed by atoms with Crippen molar-refractivity contribution in [2.75, 3.05) is 25.1 Å². The number of carbonyl (C=O) groups excluding carboxylic acids is 2. The van der Waals surface area contributed by atoms with Gasteiger partial charge in [0.2, 0.25) is 11.9 Å². The maximum atomic E-state index is 15.9. The van der Waals surface area contributed by atoms with Crippen molar-refractivity contribution in [2.45, 2.75) is 51.4 Å². The van der Waals surface area contributed by atoms with E-state index in [0.717, 1.165) is 24.0 Å². The number of ether oxygens (including phenoxy) is 1. The number of aliphatic hydroxyl groups is 1. The summed E-state index contributed by atoms with van der Waals surface area (Å²) in [5.41, 5.74) is 2.35. The Morgan fingerprint density at radius 1 is 1.27 bits per heavy atom. The van der Waals surface area contributed by atoms with Crippen molar-refractivity contribution in [3.63, 3.8) is 0 Å². The number of aromatic nitrogens is 2. The zero-order chi connectivity index (χ0) is 28.4. The summed E-state index contributed by atoms with van der Waals surface area (Å²) in [6.07, 6.45) is 3.01. The lowest BCUT2D eigenvalue weighted by Crippen LogP contribution is -2.46. The van der Waals surface area contributed by atoms with Crippen molar-refractivity contribution >= 4 is 29.4 Å². The number of hydrogen-bond donors (Lipinski definition) is 3. The Balaban J connectivity index is 1.35. The molecule has 0 saturated carbocycles. The SMILES string of the molecule is Cc1cccc([C@@H](CO)NC(=O)[C@@H](C)N2Cc3ccc(-c4nc(NC5CCOCC5)ncc4Cl)c(F)c3C2=O)c1. The maximum Gasteiger partial charge on any atom is 0.258 e. The van der Waals surface area contributed by atoms with Crippen molar-refractivity contribution in [3.05, 3.63) is 75.7 Å². The van der Waals surface area contributed by atoms with Crippen molar-refractivity contribution in [1.29, 1.82) is 0 Å². The van der Waals surface area contributed by atoms with Crippen LogP contribution in [-0.4, -0.2) is 63.7 Å². The van der Waals surface area contributed by atoms with Crippen LogP contribution in [0.15, 0.2) is 42.6 Å². The highest BCUT2D eigenvalue weighted by Gasteiger charge is 2.37. The third-order valence-electron chi connectivity index (χ3n) is 7.39. The molecule has 3 heterocycles. The molecular formula is C29H31ClFN5O4. The van der Waals surface area contributed by atoms with Crippen molar-refractivity contribution in [1.82, 2.24) is 20.2 Å². The molecule has 40 heavy (non-hydrogen) atoms. The Labute approximate surface area is 236 Å². The molecule has 0 radical (unpaired) electrons. The van der Waals surface area contributed by atoms with Gasteiger partial charge in [-0.2, -0.15) is 0 Å². The zero-order valence-electron chi connectivity index (χ0n) is 22.3. The summed E-state index contributed by atoms with van der Waals surface area (Å²) in [5.74, 6) is -1.48. The van der Waals surface area contributed by atoms with Crippen LogP contribution in [0.4, 0.5) is 10.3 Å². The molecule has 1 aromatic heterocycles. The van der Waals surface area contributed by atoms with E-state index in [4.69, 9.17) is 16.3 Å². The van der Waals surface area contributed by atoms with Crippen LogP contribution < -0.4 is 10.6 Å². The van der Waals surface area contributed by atoms with Gasteiger partial charge in [-0.1, -0.05) is 47.5 Å². The monoisotopic (exact) mass is 567 g/mol. The number of nitrogens with one attached hydrogen (secondary N) is 2. The first kappa shape index (κ1) is 27.9. The first-order chi connectivity index (χ1) is 19.3. The number of halogens is 2. The summed E-state index contributed by atoms with van der Waals surface area (Å²) < 4.78 is 21.3. The number of fused-ring (bicyclic) bond motifs is 1.